The molecule has 78 valence electrons. The van der Waals surface area contributed by atoms with E-state index >= 15 is 0 Å². The molecule has 0 aromatic carbocycles. The Hall–Kier alpha value is -0.120. The van der Waals surface area contributed by atoms with Gasteiger partial charge in [0.2, 0.25) is 0 Å². The molecule has 0 amide bonds. The van der Waals surface area contributed by atoms with E-state index in [1.807, 2.05) is 0 Å². The Labute approximate surface area is 80.5 Å². The molecule has 0 saturated carbocycles. The molecule has 1 rings (SSSR count). The first-order chi connectivity index (χ1) is 6.33. The highest BCUT2D eigenvalue weighted by atomic mass is 16.5. The monoisotopic (exact) mass is 187 g/mol. The summed E-state index contributed by atoms with van der Waals surface area (Å²) in [4.78, 5) is 0. The first-order valence-electron chi connectivity index (χ1n) is 5.26. The van der Waals surface area contributed by atoms with E-state index in [0.717, 1.165) is 45.4 Å². The SMILES string of the molecule is CCCNC1(CCO)CCOCC1. The van der Waals surface area contributed by atoms with Crippen LogP contribution in [0, 0.1) is 0 Å². The third kappa shape index (κ3) is 3.25. The second-order valence-electron chi connectivity index (χ2n) is 3.79. The van der Waals surface area contributed by atoms with E-state index < -0.39 is 0 Å². The standard InChI is InChI=1S/C10H21NO2/c1-2-6-11-10(3-7-12)4-8-13-9-5-10/h11-12H,2-9H2,1H3. The van der Waals surface area contributed by atoms with Crippen LogP contribution in [0.1, 0.15) is 32.6 Å². The lowest BCUT2D eigenvalue weighted by Crippen LogP contribution is -2.50. The van der Waals surface area contributed by atoms with Crippen molar-refractivity contribution in [2.24, 2.45) is 0 Å². The highest BCUT2D eigenvalue weighted by Gasteiger charge is 2.30. The van der Waals surface area contributed by atoms with Gasteiger partial charge in [0.1, 0.15) is 0 Å². The molecular weight excluding hydrogens is 166 g/mol. The van der Waals surface area contributed by atoms with Crippen molar-refractivity contribution in [2.45, 2.75) is 38.1 Å². The van der Waals surface area contributed by atoms with Gasteiger partial charge in [0.25, 0.3) is 0 Å². The minimum atomic E-state index is 0.156. The van der Waals surface area contributed by atoms with Gasteiger partial charge in [-0.25, -0.2) is 0 Å². The Morgan fingerprint density at radius 1 is 1.38 bits per heavy atom. The van der Waals surface area contributed by atoms with Crippen LogP contribution < -0.4 is 5.32 Å². The summed E-state index contributed by atoms with van der Waals surface area (Å²) in [7, 11) is 0. The maximum Gasteiger partial charge on any atom is 0.0483 e. The maximum atomic E-state index is 9.00. The fourth-order valence-electron chi connectivity index (χ4n) is 1.88. The Morgan fingerprint density at radius 2 is 2.08 bits per heavy atom. The molecule has 1 aliphatic heterocycles. The van der Waals surface area contributed by atoms with Gasteiger partial charge < -0.3 is 15.2 Å². The molecule has 1 heterocycles. The summed E-state index contributed by atoms with van der Waals surface area (Å²) in [6, 6.07) is 0. The quantitative estimate of drug-likeness (QED) is 0.672. The zero-order chi connectivity index (χ0) is 9.57. The largest absolute Gasteiger partial charge is 0.396 e. The van der Waals surface area contributed by atoms with Crippen LogP contribution in [0.4, 0.5) is 0 Å². The molecule has 13 heavy (non-hydrogen) atoms. The highest BCUT2D eigenvalue weighted by Crippen LogP contribution is 2.23. The lowest BCUT2D eigenvalue weighted by Gasteiger charge is -2.38. The Bertz CT molecular complexity index is 127. The molecule has 1 fully saturated rings. The first-order valence-corrected chi connectivity index (χ1v) is 5.26. The van der Waals surface area contributed by atoms with Crippen LogP contribution in [0.5, 0.6) is 0 Å². The van der Waals surface area contributed by atoms with Crippen LogP contribution >= 0.6 is 0 Å². The van der Waals surface area contributed by atoms with Crippen molar-refractivity contribution < 1.29 is 9.84 Å². The Morgan fingerprint density at radius 3 is 2.62 bits per heavy atom. The molecule has 0 radical (unpaired) electrons. The average molecular weight is 187 g/mol. The molecule has 0 atom stereocenters. The lowest BCUT2D eigenvalue weighted by molar-refractivity contribution is 0.0277. The van der Waals surface area contributed by atoms with E-state index in [4.69, 9.17) is 9.84 Å². The maximum absolute atomic E-state index is 9.00. The fourth-order valence-corrected chi connectivity index (χ4v) is 1.88. The van der Waals surface area contributed by atoms with Gasteiger partial charge in [-0.1, -0.05) is 6.92 Å². The summed E-state index contributed by atoms with van der Waals surface area (Å²) in [6.07, 6.45) is 4.07. The molecule has 0 bridgehead atoms. The van der Waals surface area contributed by atoms with Crippen molar-refractivity contribution in [3.05, 3.63) is 0 Å². The van der Waals surface area contributed by atoms with Crippen LogP contribution in [0.15, 0.2) is 0 Å². The van der Waals surface area contributed by atoms with E-state index in [0.29, 0.717) is 0 Å². The average Bonchev–Trinajstić information content (AvgIpc) is 2.17. The van der Waals surface area contributed by atoms with Crippen LogP contribution in [0.2, 0.25) is 0 Å². The van der Waals surface area contributed by atoms with E-state index in [9.17, 15) is 0 Å². The van der Waals surface area contributed by atoms with Crippen LogP contribution in [0.25, 0.3) is 0 Å². The normalized spacial score (nSPS) is 21.7. The molecule has 2 N–H and O–H groups in total. The fraction of sp³-hybridized carbons (Fsp3) is 1.00. The summed E-state index contributed by atoms with van der Waals surface area (Å²) in [5.41, 5.74) is 0.156. The molecule has 3 nitrogen and oxygen atoms in total. The molecule has 0 aromatic heterocycles. The predicted octanol–water partition coefficient (Wildman–Crippen LogP) is 0.918. The van der Waals surface area contributed by atoms with E-state index in [1.165, 1.54) is 0 Å². The molecule has 0 spiro atoms. The van der Waals surface area contributed by atoms with Crippen molar-refractivity contribution in [1.29, 1.82) is 0 Å². The van der Waals surface area contributed by atoms with Crippen molar-refractivity contribution >= 4 is 0 Å². The number of hydrogen-bond donors (Lipinski definition) is 2. The van der Waals surface area contributed by atoms with E-state index in [2.05, 4.69) is 12.2 Å². The molecule has 0 aliphatic carbocycles. The summed E-state index contributed by atoms with van der Waals surface area (Å²) < 4.78 is 5.33. The zero-order valence-corrected chi connectivity index (χ0v) is 8.51. The van der Waals surface area contributed by atoms with Crippen LogP contribution in [-0.2, 0) is 4.74 Å². The molecule has 1 aliphatic rings. The number of ether oxygens (including phenoxy) is 1. The number of rotatable bonds is 5. The van der Waals surface area contributed by atoms with Gasteiger partial charge >= 0.3 is 0 Å². The van der Waals surface area contributed by atoms with E-state index in [-0.39, 0.29) is 12.1 Å². The van der Waals surface area contributed by atoms with Gasteiger partial charge in [0, 0.05) is 25.4 Å². The highest BCUT2D eigenvalue weighted by molar-refractivity contribution is 4.89. The first kappa shape index (κ1) is 11.0. The minimum absolute atomic E-state index is 0.156. The summed E-state index contributed by atoms with van der Waals surface area (Å²) >= 11 is 0. The second kappa shape index (κ2) is 5.58. The van der Waals surface area contributed by atoms with Gasteiger partial charge in [-0.15, -0.1) is 0 Å². The zero-order valence-electron chi connectivity index (χ0n) is 8.51. The number of aliphatic hydroxyl groups is 1. The van der Waals surface area contributed by atoms with Gasteiger partial charge in [-0.2, -0.15) is 0 Å². The Kier molecular flexibility index (Phi) is 4.70. The lowest BCUT2D eigenvalue weighted by atomic mass is 9.87. The van der Waals surface area contributed by atoms with Crippen molar-refractivity contribution in [2.75, 3.05) is 26.4 Å². The smallest absolute Gasteiger partial charge is 0.0483 e. The molecule has 0 aromatic rings. The third-order valence-corrected chi connectivity index (χ3v) is 2.79. The number of hydrogen-bond acceptors (Lipinski definition) is 3. The summed E-state index contributed by atoms with van der Waals surface area (Å²) in [5.74, 6) is 0. The summed E-state index contributed by atoms with van der Waals surface area (Å²) in [6.45, 7) is 5.14. The van der Waals surface area contributed by atoms with Crippen molar-refractivity contribution in [3.63, 3.8) is 0 Å². The molecule has 3 heteroatoms. The predicted molar refractivity (Wildman–Crippen MR) is 52.8 cm³/mol. The Balaban J connectivity index is 2.40. The van der Waals surface area contributed by atoms with Gasteiger partial charge in [0.15, 0.2) is 0 Å². The van der Waals surface area contributed by atoms with E-state index in [1.54, 1.807) is 0 Å². The summed E-state index contributed by atoms with van der Waals surface area (Å²) in [5, 5.41) is 12.5. The number of aliphatic hydroxyl groups excluding tert-OH is 1. The van der Waals surface area contributed by atoms with Gasteiger partial charge in [-0.3, -0.25) is 0 Å². The van der Waals surface area contributed by atoms with Crippen molar-refractivity contribution in [3.8, 4) is 0 Å². The number of nitrogens with one attached hydrogen (secondary N) is 1. The van der Waals surface area contributed by atoms with Crippen LogP contribution in [-0.4, -0.2) is 37.0 Å². The second-order valence-corrected chi connectivity index (χ2v) is 3.79. The van der Waals surface area contributed by atoms with Gasteiger partial charge in [-0.05, 0) is 32.2 Å². The minimum Gasteiger partial charge on any atom is -0.396 e. The topological polar surface area (TPSA) is 41.5 Å². The molecule has 0 unspecified atom stereocenters. The van der Waals surface area contributed by atoms with Crippen LogP contribution in [0.3, 0.4) is 0 Å². The molecule has 1 saturated heterocycles. The van der Waals surface area contributed by atoms with Gasteiger partial charge in [0.05, 0.1) is 0 Å². The third-order valence-electron chi connectivity index (χ3n) is 2.79. The molecular formula is C10H21NO2. The van der Waals surface area contributed by atoms with Crippen molar-refractivity contribution in [1.82, 2.24) is 5.32 Å².